The molecule has 24 heavy (non-hydrogen) atoms. The molecule has 0 radical (unpaired) electrons. The van der Waals surface area contributed by atoms with E-state index in [-0.39, 0.29) is 5.91 Å². The van der Waals surface area contributed by atoms with Gasteiger partial charge in [-0.2, -0.15) is 0 Å². The molecule has 8 heteroatoms. The number of nitrogens with one attached hydrogen (secondary N) is 1. The molecule has 2 heterocycles. The van der Waals surface area contributed by atoms with Gasteiger partial charge in [-0.05, 0) is 35.1 Å². The Hall–Kier alpha value is -1.55. The standard InChI is InChI=1S/C16H14FIN4OS/c1-16(17)13(14(23)20-7-10-5-3-2-4-6-10)24-15(22-16)11-8-19-9-12(18)21-11/h2-6,8-9,13H,7H2,1H3,(H,20,23). The fourth-order valence-corrected chi connectivity index (χ4v) is 3.79. The van der Waals surface area contributed by atoms with E-state index in [0.29, 0.717) is 21.0 Å². The zero-order valence-corrected chi connectivity index (χ0v) is 15.7. The van der Waals surface area contributed by atoms with Crippen LogP contribution >= 0.6 is 34.4 Å². The third kappa shape index (κ3) is 3.92. The lowest BCUT2D eigenvalue weighted by Crippen LogP contribution is -2.41. The van der Waals surface area contributed by atoms with E-state index < -0.39 is 11.0 Å². The third-order valence-electron chi connectivity index (χ3n) is 3.40. The van der Waals surface area contributed by atoms with Crippen LogP contribution in [0.5, 0.6) is 0 Å². The number of benzene rings is 1. The SMILES string of the molecule is CC1(F)N=C(c2cncc(I)n2)SC1C(=O)NCc1ccccc1. The molecule has 1 aliphatic rings. The summed E-state index contributed by atoms with van der Waals surface area (Å²) in [5.74, 6) is -2.37. The van der Waals surface area contributed by atoms with E-state index in [0.717, 1.165) is 17.3 Å². The van der Waals surface area contributed by atoms with Crippen LogP contribution in [-0.2, 0) is 11.3 Å². The lowest BCUT2D eigenvalue weighted by Gasteiger charge is -2.19. The Labute approximate surface area is 156 Å². The number of carbonyl (C=O) groups excluding carboxylic acids is 1. The van der Waals surface area contributed by atoms with Crippen molar-refractivity contribution < 1.29 is 9.18 Å². The second-order valence-corrected chi connectivity index (χ2v) is 7.57. The molecule has 1 aliphatic heterocycles. The van der Waals surface area contributed by atoms with Gasteiger partial charge >= 0.3 is 0 Å². The Kier molecular flexibility index (Phi) is 5.14. The molecule has 0 bridgehead atoms. The van der Waals surface area contributed by atoms with Crippen molar-refractivity contribution in [3.8, 4) is 0 Å². The largest absolute Gasteiger partial charge is 0.351 e. The molecule has 2 aromatic rings. The zero-order valence-electron chi connectivity index (χ0n) is 12.7. The second kappa shape index (κ2) is 7.14. The average Bonchev–Trinajstić information content (AvgIpc) is 2.89. The first-order chi connectivity index (χ1) is 11.5. The van der Waals surface area contributed by atoms with Crippen LogP contribution in [0.15, 0.2) is 47.7 Å². The van der Waals surface area contributed by atoms with Gasteiger partial charge in [0, 0.05) is 6.54 Å². The van der Waals surface area contributed by atoms with Gasteiger partial charge in [0.2, 0.25) is 11.7 Å². The smallest absolute Gasteiger partial charge is 0.239 e. The number of carbonyl (C=O) groups is 1. The van der Waals surface area contributed by atoms with Gasteiger partial charge < -0.3 is 5.32 Å². The molecule has 2 unspecified atom stereocenters. The van der Waals surface area contributed by atoms with Gasteiger partial charge in [-0.3, -0.25) is 9.78 Å². The van der Waals surface area contributed by atoms with E-state index in [4.69, 9.17) is 0 Å². The van der Waals surface area contributed by atoms with Crippen molar-refractivity contribution in [1.29, 1.82) is 0 Å². The molecular formula is C16H14FIN4OS. The normalized spacial score (nSPS) is 23.0. The van der Waals surface area contributed by atoms with Crippen LogP contribution in [-0.4, -0.2) is 32.0 Å². The number of hydrogen-bond donors (Lipinski definition) is 1. The maximum atomic E-state index is 14.8. The van der Waals surface area contributed by atoms with Crippen LogP contribution in [0.3, 0.4) is 0 Å². The first kappa shape index (κ1) is 17.3. The number of halogens is 2. The molecule has 1 amide bonds. The van der Waals surface area contributed by atoms with Crippen LogP contribution in [0.2, 0.25) is 0 Å². The molecule has 1 aromatic heterocycles. The minimum absolute atomic E-state index is 0.352. The molecule has 0 aliphatic carbocycles. The van der Waals surface area contributed by atoms with Gasteiger partial charge in [-0.25, -0.2) is 14.4 Å². The van der Waals surface area contributed by atoms with Crippen LogP contribution in [0.4, 0.5) is 4.39 Å². The summed E-state index contributed by atoms with van der Waals surface area (Å²) >= 11 is 3.11. The highest BCUT2D eigenvalue weighted by molar-refractivity contribution is 14.1. The van der Waals surface area contributed by atoms with Crippen LogP contribution in [0.25, 0.3) is 0 Å². The van der Waals surface area contributed by atoms with Crippen molar-refractivity contribution in [2.45, 2.75) is 24.5 Å². The van der Waals surface area contributed by atoms with E-state index in [1.807, 2.05) is 52.9 Å². The summed E-state index contributed by atoms with van der Waals surface area (Å²) in [5, 5.41) is 2.22. The third-order valence-corrected chi connectivity index (χ3v) is 5.32. The lowest BCUT2D eigenvalue weighted by atomic mass is 10.1. The topological polar surface area (TPSA) is 67.2 Å². The highest BCUT2D eigenvalue weighted by atomic mass is 127. The van der Waals surface area contributed by atoms with Crippen molar-refractivity contribution in [2.24, 2.45) is 4.99 Å². The number of amides is 1. The number of aromatic nitrogens is 2. The Morgan fingerprint density at radius 2 is 2.12 bits per heavy atom. The fourth-order valence-electron chi connectivity index (χ4n) is 2.24. The number of hydrogen-bond acceptors (Lipinski definition) is 5. The van der Waals surface area contributed by atoms with E-state index in [2.05, 4.69) is 20.3 Å². The first-order valence-electron chi connectivity index (χ1n) is 7.21. The Morgan fingerprint density at radius 3 is 2.83 bits per heavy atom. The number of rotatable bonds is 4. The van der Waals surface area contributed by atoms with Crippen LogP contribution in [0.1, 0.15) is 18.2 Å². The Morgan fingerprint density at radius 1 is 1.38 bits per heavy atom. The number of thioether (sulfide) groups is 1. The highest BCUT2D eigenvalue weighted by Crippen LogP contribution is 2.38. The van der Waals surface area contributed by atoms with Crippen LogP contribution in [0, 0.1) is 3.70 Å². The summed E-state index contributed by atoms with van der Waals surface area (Å²) in [4.78, 5) is 24.7. The monoisotopic (exact) mass is 456 g/mol. The highest BCUT2D eigenvalue weighted by Gasteiger charge is 2.46. The van der Waals surface area contributed by atoms with Gasteiger partial charge in [0.1, 0.15) is 19.7 Å². The Balaban J connectivity index is 1.70. The van der Waals surface area contributed by atoms with Crippen molar-refractivity contribution >= 4 is 45.3 Å². The Bertz CT molecular complexity index is 785. The molecule has 0 saturated heterocycles. The average molecular weight is 456 g/mol. The number of nitrogens with zero attached hydrogens (tertiary/aromatic N) is 3. The number of alkyl halides is 1. The molecule has 1 N–H and O–H groups in total. The first-order valence-corrected chi connectivity index (χ1v) is 9.16. The van der Waals surface area contributed by atoms with Gasteiger partial charge in [0.25, 0.3) is 0 Å². The molecule has 1 aromatic carbocycles. The molecule has 0 saturated carbocycles. The summed E-state index contributed by atoms with van der Waals surface area (Å²) in [6, 6.07) is 9.49. The van der Waals surface area contributed by atoms with Crippen LogP contribution < -0.4 is 5.32 Å². The molecule has 0 spiro atoms. The zero-order chi connectivity index (χ0) is 17.2. The maximum Gasteiger partial charge on any atom is 0.239 e. The maximum absolute atomic E-state index is 14.8. The molecule has 0 fully saturated rings. The fraction of sp³-hybridized carbons (Fsp3) is 0.250. The van der Waals surface area contributed by atoms with Crippen molar-refractivity contribution in [3.63, 3.8) is 0 Å². The van der Waals surface area contributed by atoms with E-state index in [1.54, 1.807) is 6.20 Å². The molecule has 5 nitrogen and oxygen atoms in total. The summed E-state index contributed by atoms with van der Waals surface area (Å²) in [7, 11) is 0. The van der Waals surface area contributed by atoms with Crippen molar-refractivity contribution in [3.05, 3.63) is 57.7 Å². The van der Waals surface area contributed by atoms with Crippen molar-refractivity contribution in [1.82, 2.24) is 15.3 Å². The van der Waals surface area contributed by atoms with E-state index >= 15 is 0 Å². The predicted octanol–water partition coefficient (Wildman–Crippen LogP) is 2.95. The van der Waals surface area contributed by atoms with Gasteiger partial charge in [-0.1, -0.05) is 42.1 Å². The van der Waals surface area contributed by atoms with Gasteiger partial charge in [-0.15, -0.1) is 0 Å². The quantitative estimate of drug-likeness (QED) is 0.568. The minimum atomic E-state index is -1.98. The number of aliphatic imine (C=N–C) groups is 1. The van der Waals surface area contributed by atoms with E-state index in [9.17, 15) is 9.18 Å². The molecule has 2 atom stereocenters. The summed E-state index contributed by atoms with van der Waals surface area (Å²) in [6.07, 6.45) is 3.12. The molecular weight excluding hydrogens is 442 g/mol. The second-order valence-electron chi connectivity index (χ2n) is 5.37. The van der Waals surface area contributed by atoms with Crippen molar-refractivity contribution in [2.75, 3.05) is 0 Å². The molecule has 3 rings (SSSR count). The predicted molar refractivity (Wildman–Crippen MR) is 100 cm³/mol. The summed E-state index contributed by atoms with van der Waals surface area (Å²) in [5.41, 5.74) is 1.44. The summed E-state index contributed by atoms with van der Waals surface area (Å²) in [6.45, 7) is 1.66. The van der Waals surface area contributed by atoms with Gasteiger partial charge in [0.05, 0.1) is 12.4 Å². The lowest BCUT2D eigenvalue weighted by molar-refractivity contribution is -0.122. The van der Waals surface area contributed by atoms with Gasteiger partial charge in [0.15, 0.2) is 0 Å². The summed E-state index contributed by atoms with van der Waals surface area (Å²) < 4.78 is 15.5. The van der Waals surface area contributed by atoms with E-state index in [1.165, 1.54) is 13.1 Å². The molecule has 124 valence electrons. The minimum Gasteiger partial charge on any atom is -0.351 e.